The van der Waals surface area contributed by atoms with Crippen LogP contribution >= 0.6 is 0 Å². The molecule has 0 bridgehead atoms. The van der Waals surface area contributed by atoms with E-state index in [1.165, 1.54) is 0 Å². The van der Waals surface area contributed by atoms with Crippen LogP contribution in [-0.4, -0.2) is 81.4 Å². The molecule has 1 amide bonds. The first kappa shape index (κ1) is 24.8. The minimum Gasteiger partial charge on any atom is -0.465 e. The summed E-state index contributed by atoms with van der Waals surface area (Å²) in [5, 5.41) is 16.6. The molecule has 3 aliphatic rings. The number of nitrogens with zero attached hydrogens (tertiary/aromatic N) is 7. The van der Waals surface area contributed by atoms with Gasteiger partial charge in [-0.3, -0.25) is 4.98 Å². The highest BCUT2D eigenvalue weighted by Crippen LogP contribution is 2.37. The first-order chi connectivity index (χ1) is 18.6. The van der Waals surface area contributed by atoms with Gasteiger partial charge in [-0.25, -0.2) is 19.4 Å². The van der Waals surface area contributed by atoms with Crippen molar-refractivity contribution in [2.75, 3.05) is 49.7 Å². The van der Waals surface area contributed by atoms with E-state index in [-0.39, 0.29) is 12.8 Å². The summed E-state index contributed by atoms with van der Waals surface area (Å²) < 4.78 is 13.8. The third-order valence-electron chi connectivity index (χ3n) is 8.00. The van der Waals surface area contributed by atoms with E-state index in [4.69, 9.17) is 29.6 Å². The van der Waals surface area contributed by atoms with Crippen LogP contribution in [0.25, 0.3) is 11.2 Å². The molecule has 3 aromatic rings. The van der Waals surface area contributed by atoms with Gasteiger partial charge in [0.1, 0.15) is 5.82 Å². The number of ether oxygens (including phenoxy) is 2. The van der Waals surface area contributed by atoms with Gasteiger partial charge in [0.2, 0.25) is 0 Å². The summed E-state index contributed by atoms with van der Waals surface area (Å²) in [5.74, 6) is 1.57. The van der Waals surface area contributed by atoms with E-state index >= 15 is 0 Å². The number of aromatic nitrogens is 5. The van der Waals surface area contributed by atoms with Gasteiger partial charge in [-0.1, -0.05) is 0 Å². The first-order valence-corrected chi connectivity index (χ1v) is 13.4. The van der Waals surface area contributed by atoms with Crippen molar-refractivity contribution in [3.63, 3.8) is 0 Å². The molecule has 6 rings (SSSR count). The Morgan fingerprint density at radius 3 is 2.87 bits per heavy atom. The molecule has 1 atom stereocenters. The number of pyridine rings is 1. The van der Waals surface area contributed by atoms with Gasteiger partial charge in [0.25, 0.3) is 0 Å². The number of piperidine rings is 1. The predicted octanol–water partition coefficient (Wildman–Crippen LogP) is 3.26. The van der Waals surface area contributed by atoms with Gasteiger partial charge >= 0.3 is 6.09 Å². The molecule has 12 heteroatoms. The maximum atomic E-state index is 11.0. The van der Waals surface area contributed by atoms with E-state index in [0.29, 0.717) is 32.5 Å². The summed E-state index contributed by atoms with van der Waals surface area (Å²) >= 11 is 0. The molecule has 38 heavy (non-hydrogen) atoms. The van der Waals surface area contributed by atoms with E-state index in [1.807, 2.05) is 23.1 Å². The lowest BCUT2D eigenvalue weighted by Crippen LogP contribution is -2.52. The second-order valence-corrected chi connectivity index (χ2v) is 10.2. The number of rotatable bonds is 6. The number of anilines is 3. The Bertz CT molecular complexity index is 1300. The van der Waals surface area contributed by atoms with E-state index < -0.39 is 11.7 Å². The van der Waals surface area contributed by atoms with Gasteiger partial charge in [0.05, 0.1) is 29.7 Å². The topological polar surface area (TPSA) is 131 Å². The predicted molar refractivity (Wildman–Crippen MR) is 141 cm³/mol. The molecule has 0 radical (unpaired) electrons. The number of aryl methyl sites for hydroxylation is 1. The Labute approximate surface area is 221 Å². The van der Waals surface area contributed by atoms with Crippen LogP contribution in [0.3, 0.4) is 0 Å². The second-order valence-electron chi connectivity index (χ2n) is 10.2. The molecule has 202 valence electrons. The maximum absolute atomic E-state index is 11.0. The Morgan fingerprint density at radius 2 is 2.11 bits per heavy atom. The Hall–Kier alpha value is -3.51. The molecular weight excluding hydrogens is 488 g/mol. The van der Waals surface area contributed by atoms with E-state index in [1.54, 1.807) is 7.11 Å². The molecule has 3 aliphatic heterocycles. The summed E-state index contributed by atoms with van der Waals surface area (Å²) in [6.07, 6.45) is 8.78. The number of methoxy groups -OCH3 is 1. The quantitative estimate of drug-likeness (QED) is 0.497. The van der Waals surface area contributed by atoms with Gasteiger partial charge < -0.3 is 29.7 Å². The number of amides is 1. The highest BCUT2D eigenvalue weighted by Gasteiger charge is 2.36. The molecule has 0 aromatic carbocycles. The van der Waals surface area contributed by atoms with Crippen molar-refractivity contribution in [1.29, 1.82) is 0 Å². The van der Waals surface area contributed by atoms with Crippen LogP contribution in [0, 0.1) is 0 Å². The zero-order valence-corrected chi connectivity index (χ0v) is 21.7. The van der Waals surface area contributed by atoms with Gasteiger partial charge in [-0.15, -0.1) is 5.10 Å². The highest BCUT2D eigenvalue weighted by molar-refractivity contribution is 5.88. The number of fused-ring (bicyclic) bond motifs is 2. The molecule has 1 unspecified atom stereocenters. The zero-order valence-electron chi connectivity index (χ0n) is 21.7. The Kier molecular flexibility index (Phi) is 6.75. The fourth-order valence-electron chi connectivity index (χ4n) is 5.78. The maximum Gasteiger partial charge on any atom is 0.404 e. The monoisotopic (exact) mass is 522 g/mol. The van der Waals surface area contributed by atoms with Crippen molar-refractivity contribution >= 4 is 34.6 Å². The molecule has 2 saturated heterocycles. The molecule has 2 N–H and O–H groups in total. The number of carbonyl (C=O) groups is 1. The summed E-state index contributed by atoms with van der Waals surface area (Å²) in [6, 6.07) is 4.06. The summed E-state index contributed by atoms with van der Waals surface area (Å²) in [5.41, 5.74) is 3.10. The van der Waals surface area contributed by atoms with E-state index in [9.17, 15) is 4.79 Å². The van der Waals surface area contributed by atoms with Crippen LogP contribution in [0.4, 0.5) is 22.1 Å². The van der Waals surface area contributed by atoms with Crippen molar-refractivity contribution < 1.29 is 19.4 Å². The fraction of sp³-hybridized carbons (Fsp3) is 0.577. The van der Waals surface area contributed by atoms with Crippen molar-refractivity contribution in [3.05, 3.63) is 30.2 Å². The average Bonchev–Trinajstić information content (AvgIpc) is 3.35. The average molecular weight is 523 g/mol. The standard InChI is InChI=1S/C26H34N8O4/c1-37-26(17-29-25(35)36)9-13-32(14-10-26)20-16-28-22-23(30-20)34(21-8-2-3-15-38-21)31-24(22)33-12-5-6-18-19(33)7-4-11-27-18/h4,7,11,16,21,29H,2-3,5-6,8-10,12-15,17H2,1H3,(H,35,36). The molecule has 0 spiro atoms. The van der Waals surface area contributed by atoms with Crippen LogP contribution in [0.2, 0.25) is 0 Å². The van der Waals surface area contributed by atoms with Gasteiger partial charge in [-0.2, -0.15) is 0 Å². The number of carboxylic acid groups (broad SMARTS) is 1. The number of nitrogens with one attached hydrogen (secondary N) is 1. The summed E-state index contributed by atoms with van der Waals surface area (Å²) in [7, 11) is 1.64. The van der Waals surface area contributed by atoms with Crippen molar-refractivity contribution in [2.45, 2.75) is 56.8 Å². The molecule has 0 aliphatic carbocycles. The van der Waals surface area contributed by atoms with Crippen LogP contribution in [0.1, 0.15) is 50.4 Å². The minimum absolute atomic E-state index is 0.174. The van der Waals surface area contributed by atoms with Crippen molar-refractivity contribution in [3.8, 4) is 0 Å². The van der Waals surface area contributed by atoms with Gasteiger partial charge in [0.15, 0.2) is 23.2 Å². The third kappa shape index (κ3) is 4.62. The smallest absolute Gasteiger partial charge is 0.404 e. The second kappa shape index (κ2) is 10.3. The zero-order chi connectivity index (χ0) is 26.1. The van der Waals surface area contributed by atoms with E-state index in [2.05, 4.69) is 26.2 Å². The largest absolute Gasteiger partial charge is 0.465 e. The first-order valence-electron chi connectivity index (χ1n) is 13.4. The molecule has 0 saturated carbocycles. The van der Waals surface area contributed by atoms with Crippen LogP contribution in [-0.2, 0) is 15.9 Å². The van der Waals surface area contributed by atoms with Crippen molar-refractivity contribution in [2.24, 2.45) is 0 Å². The Morgan fingerprint density at radius 1 is 1.24 bits per heavy atom. The van der Waals surface area contributed by atoms with Gasteiger partial charge in [-0.05, 0) is 57.1 Å². The van der Waals surface area contributed by atoms with Crippen LogP contribution < -0.4 is 15.1 Å². The van der Waals surface area contributed by atoms with Crippen LogP contribution in [0.5, 0.6) is 0 Å². The SMILES string of the molecule is COC1(CNC(=O)O)CCN(c2cnc3c(N4CCCc5ncccc54)nn(C4CCCCO4)c3n2)CC1. The molecular formula is C26H34N8O4. The van der Waals surface area contributed by atoms with Gasteiger partial charge in [0, 0.05) is 39.5 Å². The molecule has 3 aromatic heterocycles. The Balaban J connectivity index is 1.33. The number of hydrogen-bond acceptors (Lipinski definition) is 9. The van der Waals surface area contributed by atoms with Crippen molar-refractivity contribution in [1.82, 2.24) is 30.0 Å². The highest BCUT2D eigenvalue weighted by atomic mass is 16.5. The molecule has 6 heterocycles. The normalized spacial score (nSPS) is 21.3. The third-order valence-corrected chi connectivity index (χ3v) is 8.00. The van der Waals surface area contributed by atoms with Crippen LogP contribution in [0.15, 0.2) is 24.5 Å². The lowest BCUT2D eigenvalue weighted by Gasteiger charge is -2.41. The number of hydrogen-bond donors (Lipinski definition) is 2. The fourth-order valence-corrected chi connectivity index (χ4v) is 5.78. The lowest BCUT2D eigenvalue weighted by molar-refractivity contribution is -0.0369. The minimum atomic E-state index is -1.04. The lowest BCUT2D eigenvalue weighted by atomic mass is 9.91. The summed E-state index contributed by atoms with van der Waals surface area (Å²) in [6.45, 7) is 3.18. The summed E-state index contributed by atoms with van der Waals surface area (Å²) in [4.78, 5) is 30.0. The molecule has 12 nitrogen and oxygen atoms in total. The van der Waals surface area contributed by atoms with E-state index in [0.717, 1.165) is 72.8 Å². The molecule has 2 fully saturated rings.